The van der Waals surface area contributed by atoms with Crippen molar-refractivity contribution in [3.05, 3.63) is 35.1 Å². The van der Waals surface area contributed by atoms with Crippen molar-refractivity contribution < 1.29 is 18.7 Å². The maximum Gasteiger partial charge on any atom is 0.340 e. The lowest BCUT2D eigenvalue weighted by molar-refractivity contribution is 0.0595. The average molecular weight is 297 g/mol. The number of halogens is 1. The summed E-state index contributed by atoms with van der Waals surface area (Å²) in [5.74, 6) is -1.20. The van der Waals surface area contributed by atoms with E-state index in [0.29, 0.717) is 6.54 Å². The van der Waals surface area contributed by atoms with Crippen LogP contribution in [0.25, 0.3) is 0 Å². The average Bonchev–Trinajstić information content (AvgIpc) is 2.45. The number of hydrogen-bond acceptors (Lipinski definition) is 4. The number of esters is 1. The van der Waals surface area contributed by atoms with Crippen LogP contribution in [0.3, 0.4) is 0 Å². The van der Waals surface area contributed by atoms with Crippen molar-refractivity contribution >= 4 is 5.97 Å². The lowest BCUT2D eigenvalue weighted by Gasteiger charge is -2.08. The van der Waals surface area contributed by atoms with Crippen molar-refractivity contribution in [1.29, 1.82) is 0 Å². The first-order valence-electron chi connectivity index (χ1n) is 7.23. The molecule has 0 spiro atoms. The van der Waals surface area contributed by atoms with Gasteiger partial charge >= 0.3 is 5.97 Å². The molecule has 0 heterocycles. The summed E-state index contributed by atoms with van der Waals surface area (Å²) in [5.41, 5.74) is 0.769. The molecule has 0 aliphatic carbocycles. The number of hydrogen-bond donors (Lipinski definition) is 1. The Labute approximate surface area is 125 Å². The van der Waals surface area contributed by atoms with Gasteiger partial charge in [0, 0.05) is 13.2 Å². The Kier molecular flexibility index (Phi) is 7.93. The molecule has 5 heteroatoms. The maximum atomic E-state index is 13.7. The predicted molar refractivity (Wildman–Crippen MR) is 79.8 cm³/mol. The largest absolute Gasteiger partial charge is 0.465 e. The molecule has 1 rings (SSSR count). The minimum atomic E-state index is -0.655. The van der Waals surface area contributed by atoms with Crippen LogP contribution < -0.4 is 5.32 Å². The third kappa shape index (κ3) is 6.69. The Hall–Kier alpha value is -1.46. The van der Waals surface area contributed by atoms with Crippen LogP contribution in [-0.2, 0) is 16.0 Å². The molecule has 0 aliphatic rings. The fourth-order valence-electron chi connectivity index (χ4n) is 1.85. The van der Waals surface area contributed by atoms with Crippen molar-refractivity contribution in [3.63, 3.8) is 0 Å². The number of carbonyl (C=O) groups excluding carboxylic acids is 1. The Morgan fingerprint density at radius 1 is 1.33 bits per heavy atom. The fraction of sp³-hybridized carbons (Fsp3) is 0.562. The van der Waals surface area contributed by atoms with E-state index in [1.54, 1.807) is 6.07 Å². The zero-order valence-electron chi connectivity index (χ0n) is 12.9. The van der Waals surface area contributed by atoms with E-state index in [1.165, 1.54) is 19.2 Å². The highest BCUT2D eigenvalue weighted by atomic mass is 19.1. The second-order valence-corrected chi connectivity index (χ2v) is 5.11. The summed E-state index contributed by atoms with van der Waals surface area (Å²) >= 11 is 0. The minimum Gasteiger partial charge on any atom is -0.465 e. The summed E-state index contributed by atoms with van der Waals surface area (Å²) in [7, 11) is 1.24. The summed E-state index contributed by atoms with van der Waals surface area (Å²) in [6, 6.07) is 4.54. The number of methoxy groups -OCH3 is 1. The number of rotatable bonds is 9. The van der Waals surface area contributed by atoms with Gasteiger partial charge in [0.05, 0.1) is 18.8 Å². The molecule has 0 saturated carbocycles. The Morgan fingerprint density at radius 3 is 2.71 bits per heavy atom. The highest BCUT2D eigenvalue weighted by Crippen LogP contribution is 2.11. The molecular weight excluding hydrogens is 273 g/mol. The standard InChI is InChI=1S/C16H24FNO3/c1-12(2)21-9-5-4-8-18-11-13-6-7-14(15(17)10-13)16(19)20-3/h6-7,10,12,18H,4-5,8-9,11H2,1-3H3. The number of carbonyl (C=O) groups is 1. The van der Waals surface area contributed by atoms with Crippen LogP contribution in [0.2, 0.25) is 0 Å². The van der Waals surface area contributed by atoms with E-state index in [1.807, 2.05) is 13.8 Å². The quantitative estimate of drug-likeness (QED) is 0.562. The van der Waals surface area contributed by atoms with Gasteiger partial charge in [-0.1, -0.05) is 6.07 Å². The summed E-state index contributed by atoms with van der Waals surface area (Å²) in [4.78, 5) is 11.3. The molecule has 1 N–H and O–H groups in total. The van der Waals surface area contributed by atoms with Crippen LogP contribution >= 0.6 is 0 Å². The van der Waals surface area contributed by atoms with Gasteiger partial charge in [-0.15, -0.1) is 0 Å². The smallest absolute Gasteiger partial charge is 0.340 e. The molecule has 0 atom stereocenters. The minimum absolute atomic E-state index is 0.0351. The first kappa shape index (κ1) is 17.6. The molecule has 0 amide bonds. The molecule has 21 heavy (non-hydrogen) atoms. The van der Waals surface area contributed by atoms with Crippen molar-refractivity contribution in [2.24, 2.45) is 0 Å². The van der Waals surface area contributed by atoms with Gasteiger partial charge in [-0.3, -0.25) is 0 Å². The van der Waals surface area contributed by atoms with Crippen LogP contribution in [0.4, 0.5) is 4.39 Å². The second kappa shape index (κ2) is 9.47. The third-order valence-electron chi connectivity index (χ3n) is 2.97. The van der Waals surface area contributed by atoms with E-state index in [0.717, 1.165) is 31.6 Å². The van der Waals surface area contributed by atoms with Crippen molar-refractivity contribution in [2.45, 2.75) is 39.3 Å². The van der Waals surface area contributed by atoms with Crippen molar-refractivity contribution in [3.8, 4) is 0 Å². The monoisotopic (exact) mass is 297 g/mol. The number of ether oxygens (including phenoxy) is 2. The van der Waals surface area contributed by atoms with Gasteiger partial charge in [-0.2, -0.15) is 0 Å². The molecule has 0 bridgehead atoms. The van der Waals surface area contributed by atoms with E-state index in [-0.39, 0.29) is 11.7 Å². The maximum absolute atomic E-state index is 13.7. The van der Waals surface area contributed by atoms with Crippen LogP contribution in [0, 0.1) is 5.82 Å². The zero-order valence-corrected chi connectivity index (χ0v) is 12.9. The SMILES string of the molecule is COC(=O)c1ccc(CNCCCCOC(C)C)cc1F. The topological polar surface area (TPSA) is 47.6 Å². The van der Waals surface area contributed by atoms with Crippen LogP contribution in [0.15, 0.2) is 18.2 Å². The molecule has 0 saturated heterocycles. The van der Waals surface area contributed by atoms with Gasteiger partial charge in [-0.25, -0.2) is 9.18 Å². The van der Waals surface area contributed by atoms with Crippen LogP contribution in [-0.4, -0.2) is 32.3 Å². The first-order chi connectivity index (χ1) is 10.0. The fourth-order valence-corrected chi connectivity index (χ4v) is 1.85. The first-order valence-corrected chi connectivity index (χ1v) is 7.23. The van der Waals surface area contributed by atoms with Gasteiger partial charge in [0.1, 0.15) is 5.82 Å². The Balaban J connectivity index is 2.27. The summed E-state index contributed by atoms with van der Waals surface area (Å²) in [6.07, 6.45) is 2.28. The van der Waals surface area contributed by atoms with Gasteiger partial charge in [0.2, 0.25) is 0 Å². The highest BCUT2D eigenvalue weighted by molar-refractivity contribution is 5.89. The number of benzene rings is 1. The van der Waals surface area contributed by atoms with Crippen LogP contribution in [0.5, 0.6) is 0 Å². The Morgan fingerprint density at radius 2 is 2.10 bits per heavy atom. The van der Waals surface area contributed by atoms with E-state index < -0.39 is 11.8 Å². The number of nitrogens with one attached hydrogen (secondary N) is 1. The van der Waals surface area contributed by atoms with Gasteiger partial charge < -0.3 is 14.8 Å². The van der Waals surface area contributed by atoms with Gasteiger partial charge in [0.25, 0.3) is 0 Å². The second-order valence-electron chi connectivity index (χ2n) is 5.11. The summed E-state index contributed by atoms with van der Waals surface area (Å²) < 4.78 is 23.6. The van der Waals surface area contributed by atoms with E-state index in [2.05, 4.69) is 10.1 Å². The zero-order chi connectivity index (χ0) is 15.7. The normalized spacial score (nSPS) is 10.9. The Bertz CT molecular complexity index is 449. The van der Waals surface area contributed by atoms with Crippen LogP contribution in [0.1, 0.15) is 42.6 Å². The molecule has 118 valence electrons. The molecule has 0 unspecified atom stereocenters. The molecule has 1 aromatic carbocycles. The summed E-state index contributed by atoms with van der Waals surface area (Å²) in [5, 5.41) is 3.24. The molecule has 0 aliphatic heterocycles. The highest BCUT2D eigenvalue weighted by Gasteiger charge is 2.11. The van der Waals surface area contributed by atoms with E-state index in [9.17, 15) is 9.18 Å². The molecule has 4 nitrogen and oxygen atoms in total. The molecule has 0 fully saturated rings. The van der Waals surface area contributed by atoms with E-state index in [4.69, 9.17) is 4.74 Å². The lowest BCUT2D eigenvalue weighted by atomic mass is 10.1. The molecule has 0 radical (unpaired) electrons. The molecule has 1 aromatic rings. The van der Waals surface area contributed by atoms with Crippen molar-refractivity contribution in [2.75, 3.05) is 20.3 Å². The molecular formula is C16H24FNO3. The van der Waals surface area contributed by atoms with Gasteiger partial charge in [-0.05, 0) is 50.9 Å². The predicted octanol–water partition coefficient (Wildman–Crippen LogP) is 2.91. The lowest BCUT2D eigenvalue weighted by Crippen LogP contribution is -2.16. The van der Waals surface area contributed by atoms with Gasteiger partial charge in [0.15, 0.2) is 0 Å². The van der Waals surface area contributed by atoms with Crippen molar-refractivity contribution in [1.82, 2.24) is 5.32 Å². The number of unbranched alkanes of at least 4 members (excludes halogenated alkanes) is 1. The van der Waals surface area contributed by atoms with E-state index >= 15 is 0 Å². The third-order valence-corrected chi connectivity index (χ3v) is 2.97. The molecule has 0 aromatic heterocycles. The summed E-state index contributed by atoms with van der Waals surface area (Å²) in [6.45, 7) is 6.22.